The predicted octanol–water partition coefficient (Wildman–Crippen LogP) is 3.10. The summed E-state index contributed by atoms with van der Waals surface area (Å²) in [5.41, 5.74) is 1.94. The molecule has 0 unspecified atom stereocenters. The number of hydrogen-bond acceptors (Lipinski definition) is 5. The number of thiazole rings is 1. The summed E-state index contributed by atoms with van der Waals surface area (Å²) in [5.74, 6) is -0.387. The van der Waals surface area contributed by atoms with Crippen LogP contribution in [0.4, 0.5) is 5.13 Å². The quantitative estimate of drug-likeness (QED) is 0.603. The molecule has 0 aliphatic heterocycles. The SMILES string of the molecule is Cc1ccc2nc(NC(=O)c3nn(C)c(=O)c4ccccc34)sc2c1. The maximum atomic E-state index is 12.7. The number of aryl methyl sites for hydroxylation is 2. The Hall–Kier alpha value is -3.06. The van der Waals surface area contributed by atoms with Gasteiger partial charge in [-0.25, -0.2) is 9.67 Å². The Balaban J connectivity index is 1.77. The molecule has 1 N–H and O–H groups in total. The summed E-state index contributed by atoms with van der Waals surface area (Å²) < 4.78 is 2.19. The molecule has 0 saturated heterocycles. The number of amides is 1. The van der Waals surface area contributed by atoms with E-state index in [4.69, 9.17) is 0 Å². The molecule has 6 nitrogen and oxygen atoms in total. The monoisotopic (exact) mass is 350 g/mol. The molecule has 0 saturated carbocycles. The van der Waals surface area contributed by atoms with Crippen molar-refractivity contribution in [2.24, 2.45) is 7.05 Å². The van der Waals surface area contributed by atoms with Crippen molar-refractivity contribution in [2.75, 3.05) is 5.32 Å². The fraction of sp³-hybridized carbons (Fsp3) is 0.111. The summed E-state index contributed by atoms with van der Waals surface area (Å²) in [6.07, 6.45) is 0. The summed E-state index contributed by atoms with van der Waals surface area (Å²) >= 11 is 1.41. The van der Waals surface area contributed by atoms with E-state index in [9.17, 15) is 9.59 Å². The van der Waals surface area contributed by atoms with E-state index < -0.39 is 0 Å². The molecule has 0 spiro atoms. The summed E-state index contributed by atoms with van der Waals surface area (Å²) in [6.45, 7) is 2.01. The molecule has 25 heavy (non-hydrogen) atoms. The molecule has 0 aliphatic carbocycles. The lowest BCUT2D eigenvalue weighted by molar-refractivity contribution is 0.102. The number of nitrogens with one attached hydrogen (secondary N) is 1. The minimum atomic E-state index is -0.387. The van der Waals surface area contributed by atoms with Gasteiger partial charge >= 0.3 is 0 Å². The molecule has 2 aromatic heterocycles. The Morgan fingerprint density at radius 1 is 1.16 bits per heavy atom. The third-order valence-corrected chi connectivity index (χ3v) is 4.87. The van der Waals surface area contributed by atoms with Crippen molar-refractivity contribution >= 4 is 43.4 Å². The molecule has 4 aromatic rings. The van der Waals surface area contributed by atoms with Gasteiger partial charge in [0.2, 0.25) is 0 Å². The summed E-state index contributed by atoms with van der Waals surface area (Å²) in [6, 6.07) is 12.9. The molecule has 0 aliphatic rings. The molecule has 0 atom stereocenters. The summed E-state index contributed by atoms with van der Waals surface area (Å²) in [7, 11) is 1.53. The second-order valence-corrected chi connectivity index (χ2v) is 6.80. The number of carbonyl (C=O) groups excluding carboxylic acids is 1. The minimum absolute atomic E-state index is 0.202. The standard InChI is InChI=1S/C18H14N4O2S/c1-10-7-8-13-14(9-10)25-18(19-13)20-16(23)15-11-5-3-4-6-12(11)17(24)22(2)21-15/h3-9H,1-2H3,(H,19,20,23). The van der Waals surface area contributed by atoms with Crippen molar-refractivity contribution in [3.8, 4) is 0 Å². The highest BCUT2D eigenvalue weighted by Crippen LogP contribution is 2.27. The number of rotatable bonds is 2. The lowest BCUT2D eigenvalue weighted by Gasteiger charge is -2.07. The minimum Gasteiger partial charge on any atom is -0.296 e. The van der Waals surface area contributed by atoms with Crippen LogP contribution in [-0.4, -0.2) is 20.7 Å². The summed E-state index contributed by atoms with van der Waals surface area (Å²) in [4.78, 5) is 29.3. The fourth-order valence-corrected chi connectivity index (χ4v) is 3.67. The first kappa shape index (κ1) is 15.5. The number of benzene rings is 2. The number of aromatic nitrogens is 3. The van der Waals surface area contributed by atoms with Crippen LogP contribution in [0.1, 0.15) is 16.1 Å². The second kappa shape index (κ2) is 5.78. The molecule has 1 amide bonds. The van der Waals surface area contributed by atoms with Gasteiger partial charge < -0.3 is 0 Å². The van der Waals surface area contributed by atoms with Gasteiger partial charge in [0.25, 0.3) is 11.5 Å². The van der Waals surface area contributed by atoms with Crippen LogP contribution >= 0.6 is 11.3 Å². The highest BCUT2D eigenvalue weighted by molar-refractivity contribution is 7.22. The van der Waals surface area contributed by atoms with Crippen LogP contribution in [0.5, 0.6) is 0 Å². The van der Waals surface area contributed by atoms with Crippen LogP contribution in [0.2, 0.25) is 0 Å². The Bertz CT molecular complexity index is 1190. The predicted molar refractivity (Wildman–Crippen MR) is 99.3 cm³/mol. The molecule has 2 heterocycles. The molecule has 0 radical (unpaired) electrons. The normalized spacial score (nSPS) is 11.1. The van der Waals surface area contributed by atoms with Crippen LogP contribution in [0.25, 0.3) is 21.0 Å². The molecule has 7 heteroatoms. The lowest BCUT2D eigenvalue weighted by atomic mass is 10.1. The Labute approximate surface area is 146 Å². The Morgan fingerprint density at radius 3 is 2.72 bits per heavy atom. The molecule has 2 aromatic carbocycles. The van der Waals surface area contributed by atoms with E-state index in [2.05, 4.69) is 15.4 Å². The largest absolute Gasteiger partial charge is 0.296 e. The third-order valence-electron chi connectivity index (χ3n) is 3.94. The van der Waals surface area contributed by atoms with Gasteiger partial charge in [0.05, 0.1) is 15.6 Å². The Morgan fingerprint density at radius 2 is 1.92 bits per heavy atom. The first-order valence-corrected chi connectivity index (χ1v) is 8.49. The van der Waals surface area contributed by atoms with Crippen LogP contribution in [0.3, 0.4) is 0 Å². The number of fused-ring (bicyclic) bond motifs is 2. The molecular formula is C18H14N4O2S. The zero-order valence-corrected chi connectivity index (χ0v) is 14.4. The van der Waals surface area contributed by atoms with Gasteiger partial charge in [0.15, 0.2) is 10.8 Å². The number of anilines is 1. The van der Waals surface area contributed by atoms with Gasteiger partial charge in [-0.15, -0.1) is 0 Å². The molecule has 0 bridgehead atoms. The van der Waals surface area contributed by atoms with Crippen molar-refractivity contribution in [3.05, 3.63) is 64.1 Å². The van der Waals surface area contributed by atoms with Crippen molar-refractivity contribution < 1.29 is 4.79 Å². The van der Waals surface area contributed by atoms with E-state index in [0.717, 1.165) is 15.8 Å². The smallest absolute Gasteiger partial charge is 0.278 e. The summed E-state index contributed by atoms with van der Waals surface area (Å²) in [5, 5.41) is 8.43. The van der Waals surface area contributed by atoms with Crippen LogP contribution in [0, 0.1) is 6.92 Å². The van der Waals surface area contributed by atoms with E-state index in [1.807, 2.05) is 25.1 Å². The number of hydrogen-bond donors (Lipinski definition) is 1. The maximum Gasteiger partial charge on any atom is 0.278 e. The molecular weight excluding hydrogens is 336 g/mol. The van der Waals surface area contributed by atoms with Gasteiger partial charge in [0, 0.05) is 12.4 Å². The van der Waals surface area contributed by atoms with E-state index in [-0.39, 0.29) is 17.2 Å². The first-order chi connectivity index (χ1) is 12.0. The topological polar surface area (TPSA) is 76.9 Å². The maximum absolute atomic E-state index is 12.7. The molecule has 124 valence electrons. The van der Waals surface area contributed by atoms with Crippen molar-refractivity contribution in [2.45, 2.75) is 6.92 Å². The van der Waals surface area contributed by atoms with E-state index >= 15 is 0 Å². The average molecular weight is 350 g/mol. The van der Waals surface area contributed by atoms with Crippen molar-refractivity contribution in [3.63, 3.8) is 0 Å². The van der Waals surface area contributed by atoms with Crippen molar-refractivity contribution in [1.82, 2.24) is 14.8 Å². The molecule has 4 rings (SSSR count). The average Bonchev–Trinajstić information content (AvgIpc) is 2.99. The van der Waals surface area contributed by atoms with Gasteiger partial charge in [-0.2, -0.15) is 5.10 Å². The van der Waals surface area contributed by atoms with E-state index in [0.29, 0.717) is 15.9 Å². The van der Waals surface area contributed by atoms with Gasteiger partial charge in [0.1, 0.15) is 0 Å². The zero-order chi connectivity index (χ0) is 17.6. The second-order valence-electron chi connectivity index (χ2n) is 5.77. The Kier molecular flexibility index (Phi) is 3.58. The van der Waals surface area contributed by atoms with Gasteiger partial charge in [-0.3, -0.25) is 14.9 Å². The highest BCUT2D eigenvalue weighted by atomic mass is 32.1. The van der Waals surface area contributed by atoms with Crippen molar-refractivity contribution in [1.29, 1.82) is 0 Å². The molecule has 0 fully saturated rings. The lowest BCUT2D eigenvalue weighted by Crippen LogP contribution is -2.25. The zero-order valence-electron chi connectivity index (χ0n) is 13.6. The van der Waals surface area contributed by atoms with Gasteiger partial charge in [-0.05, 0) is 30.7 Å². The van der Waals surface area contributed by atoms with Crippen LogP contribution in [0.15, 0.2) is 47.3 Å². The van der Waals surface area contributed by atoms with Crippen LogP contribution in [-0.2, 0) is 7.05 Å². The van der Waals surface area contributed by atoms with E-state index in [1.54, 1.807) is 24.3 Å². The third kappa shape index (κ3) is 2.68. The van der Waals surface area contributed by atoms with E-state index in [1.165, 1.54) is 23.1 Å². The number of carbonyl (C=O) groups is 1. The number of nitrogens with zero attached hydrogens (tertiary/aromatic N) is 3. The van der Waals surface area contributed by atoms with Crippen LogP contribution < -0.4 is 10.9 Å². The first-order valence-electron chi connectivity index (χ1n) is 7.67. The van der Waals surface area contributed by atoms with Gasteiger partial charge in [-0.1, -0.05) is 35.6 Å². The fourth-order valence-electron chi connectivity index (χ4n) is 2.71. The highest BCUT2D eigenvalue weighted by Gasteiger charge is 2.17.